The highest BCUT2D eigenvalue weighted by molar-refractivity contribution is 5.96. The Morgan fingerprint density at radius 3 is 2.88 bits per heavy atom. The van der Waals surface area contributed by atoms with Gasteiger partial charge in [0.2, 0.25) is 0 Å². The molecule has 6 nitrogen and oxygen atoms in total. The summed E-state index contributed by atoms with van der Waals surface area (Å²) in [5, 5.41) is 0.930. The highest BCUT2D eigenvalue weighted by Crippen LogP contribution is 2.35. The smallest absolute Gasteiger partial charge is 0.297 e. The summed E-state index contributed by atoms with van der Waals surface area (Å²) in [7, 11) is 4.19. The van der Waals surface area contributed by atoms with E-state index in [2.05, 4.69) is 78.1 Å². The van der Waals surface area contributed by atoms with Crippen molar-refractivity contribution in [1.82, 2.24) is 9.55 Å². The third-order valence-electron chi connectivity index (χ3n) is 6.51. The second-order valence-electron chi connectivity index (χ2n) is 8.67. The molecule has 1 aliphatic rings. The molecule has 5 heterocycles. The lowest BCUT2D eigenvalue weighted by Gasteiger charge is -2.16. The number of aliphatic imine (C=N–C) groups is 1. The molecule has 6 rings (SSSR count). The molecule has 0 saturated heterocycles. The summed E-state index contributed by atoms with van der Waals surface area (Å²) in [6.45, 7) is 0.578. The molecule has 6 heteroatoms. The molecule has 0 spiro atoms. The molecule has 1 unspecified atom stereocenters. The summed E-state index contributed by atoms with van der Waals surface area (Å²) in [5.74, 6) is 1.79. The van der Waals surface area contributed by atoms with Gasteiger partial charge in [0.05, 0.1) is 61.0 Å². The van der Waals surface area contributed by atoms with E-state index in [9.17, 15) is 0 Å². The van der Waals surface area contributed by atoms with Crippen LogP contribution in [0.15, 0.2) is 87.1 Å². The monoisotopic (exact) mass is 449 g/mol. The van der Waals surface area contributed by atoms with Gasteiger partial charge in [0.25, 0.3) is 11.6 Å². The van der Waals surface area contributed by atoms with Gasteiger partial charge in [-0.15, -0.1) is 0 Å². The summed E-state index contributed by atoms with van der Waals surface area (Å²) >= 11 is 0. The number of nitrogens with zero attached hydrogens (tertiary/aromatic N) is 4. The van der Waals surface area contributed by atoms with Gasteiger partial charge in [-0.25, -0.2) is 9.14 Å². The van der Waals surface area contributed by atoms with E-state index in [0.717, 1.165) is 28.8 Å². The van der Waals surface area contributed by atoms with E-state index >= 15 is 0 Å². The maximum Gasteiger partial charge on any atom is 0.297 e. The molecule has 1 atom stereocenters. The van der Waals surface area contributed by atoms with Gasteiger partial charge < -0.3 is 8.83 Å². The highest BCUT2D eigenvalue weighted by Gasteiger charge is 2.28. The fourth-order valence-electron chi connectivity index (χ4n) is 4.85. The fraction of sp³-hybridized carbons (Fsp3) is 0.179. The molecule has 1 aliphatic heterocycles. The average molecular weight is 450 g/mol. The molecule has 0 N–H and O–H groups in total. The first-order valence-electron chi connectivity index (χ1n) is 11.4. The van der Waals surface area contributed by atoms with E-state index in [4.69, 9.17) is 18.8 Å². The van der Waals surface area contributed by atoms with E-state index in [1.807, 2.05) is 18.3 Å². The summed E-state index contributed by atoms with van der Waals surface area (Å²) in [5.41, 5.74) is 6.63. The molecule has 0 fully saturated rings. The van der Waals surface area contributed by atoms with Crippen LogP contribution >= 0.6 is 0 Å². The zero-order chi connectivity index (χ0) is 23.1. The number of pyridine rings is 1. The van der Waals surface area contributed by atoms with E-state index in [1.165, 1.54) is 22.5 Å². The molecule has 4 aromatic heterocycles. The third kappa shape index (κ3) is 3.48. The first-order chi connectivity index (χ1) is 16.7. The van der Waals surface area contributed by atoms with Gasteiger partial charge in [-0.3, -0.25) is 9.98 Å². The number of benzene rings is 1. The largest absolute Gasteiger partial charge is 0.433 e. The number of aromatic nitrogens is 2. The van der Waals surface area contributed by atoms with Crippen molar-refractivity contribution in [3.8, 4) is 11.3 Å². The topological polar surface area (TPSA) is 59.5 Å². The van der Waals surface area contributed by atoms with Crippen LogP contribution in [0.5, 0.6) is 0 Å². The molecular weight excluding hydrogens is 424 g/mol. The second kappa shape index (κ2) is 8.30. The minimum atomic E-state index is 0.0372. The third-order valence-corrected chi connectivity index (χ3v) is 6.51. The van der Waals surface area contributed by atoms with Crippen molar-refractivity contribution in [2.24, 2.45) is 12.0 Å². The number of hydrogen-bond acceptors (Lipinski definition) is 4. The molecule has 5 aromatic rings. The summed E-state index contributed by atoms with van der Waals surface area (Å²) in [4.78, 5) is 9.93. The van der Waals surface area contributed by atoms with Crippen molar-refractivity contribution < 1.29 is 13.4 Å². The zero-order valence-corrected chi connectivity index (χ0v) is 19.2. The van der Waals surface area contributed by atoms with Crippen LogP contribution in [0.3, 0.4) is 0 Å². The lowest BCUT2D eigenvalue weighted by molar-refractivity contribution is -0.403. The molecule has 0 bridgehead atoms. The number of hydrogen-bond donors (Lipinski definition) is 0. The van der Waals surface area contributed by atoms with Crippen LogP contribution in [0.2, 0.25) is 0 Å². The van der Waals surface area contributed by atoms with E-state index < -0.39 is 0 Å². The van der Waals surface area contributed by atoms with Crippen LogP contribution in [0, 0.1) is 0 Å². The van der Waals surface area contributed by atoms with Gasteiger partial charge in [0.1, 0.15) is 12.5 Å². The number of rotatable bonds is 6. The van der Waals surface area contributed by atoms with Crippen LogP contribution in [-0.2, 0) is 13.5 Å². The van der Waals surface area contributed by atoms with Gasteiger partial charge in [-0.2, -0.15) is 0 Å². The maximum absolute atomic E-state index is 5.45. The van der Waals surface area contributed by atoms with E-state index in [1.54, 1.807) is 12.5 Å². The number of furan rings is 2. The van der Waals surface area contributed by atoms with Gasteiger partial charge in [-0.05, 0) is 23.8 Å². The normalized spacial score (nSPS) is 14.1. The summed E-state index contributed by atoms with van der Waals surface area (Å²) < 4.78 is 15.1. The molecule has 0 amide bonds. The van der Waals surface area contributed by atoms with Gasteiger partial charge in [-0.1, -0.05) is 36.4 Å². The highest BCUT2D eigenvalue weighted by atomic mass is 16.5. The van der Waals surface area contributed by atoms with Crippen LogP contribution in [-0.4, -0.2) is 40.1 Å². The van der Waals surface area contributed by atoms with E-state index in [0.29, 0.717) is 12.3 Å². The van der Waals surface area contributed by atoms with Crippen molar-refractivity contribution >= 4 is 29.4 Å². The van der Waals surface area contributed by atoms with Crippen molar-refractivity contribution in [3.05, 3.63) is 95.7 Å². The van der Waals surface area contributed by atoms with Crippen molar-refractivity contribution in [1.29, 1.82) is 0 Å². The van der Waals surface area contributed by atoms with E-state index in [-0.39, 0.29) is 5.92 Å². The zero-order valence-electron chi connectivity index (χ0n) is 19.2. The van der Waals surface area contributed by atoms with Crippen LogP contribution in [0.25, 0.3) is 22.4 Å². The Morgan fingerprint density at radius 1 is 1.12 bits per heavy atom. The molecule has 34 heavy (non-hydrogen) atoms. The summed E-state index contributed by atoms with van der Waals surface area (Å²) in [6.07, 6.45) is 10.5. The lowest BCUT2D eigenvalue weighted by atomic mass is 9.94. The van der Waals surface area contributed by atoms with Crippen LogP contribution in [0.1, 0.15) is 28.3 Å². The molecular formula is C28H25N4O2+. The van der Waals surface area contributed by atoms with Crippen LogP contribution in [0.4, 0.5) is 5.82 Å². The summed E-state index contributed by atoms with van der Waals surface area (Å²) in [6, 6.07) is 18.7. The molecule has 0 aliphatic carbocycles. The van der Waals surface area contributed by atoms with Crippen molar-refractivity contribution in [2.75, 3.05) is 13.6 Å². The predicted octanol–water partition coefficient (Wildman–Crippen LogP) is 5.58. The quantitative estimate of drug-likeness (QED) is 0.251. The predicted molar refractivity (Wildman–Crippen MR) is 133 cm³/mol. The Labute approximate surface area is 197 Å². The molecule has 0 saturated carbocycles. The molecule has 0 radical (unpaired) electrons. The van der Waals surface area contributed by atoms with Crippen LogP contribution < -0.4 is 0 Å². The number of aryl methyl sites for hydroxylation is 1. The first kappa shape index (κ1) is 20.4. The SMILES string of the molecule is Cn1cc(-c2cccc(C(CN=Cc3coc4occc34)c3ccccc3)n2)c2c1[N+](C)=CC2. The first-order valence-corrected chi connectivity index (χ1v) is 11.4. The average Bonchev–Trinajstić information content (AvgIpc) is 3.63. The molecule has 1 aromatic carbocycles. The molecule has 168 valence electrons. The Hall–Kier alpha value is -4.19. The van der Waals surface area contributed by atoms with Gasteiger partial charge >= 0.3 is 0 Å². The minimum absolute atomic E-state index is 0.0372. The van der Waals surface area contributed by atoms with Gasteiger partial charge in [0.15, 0.2) is 0 Å². The van der Waals surface area contributed by atoms with Crippen molar-refractivity contribution in [2.45, 2.75) is 12.3 Å². The lowest BCUT2D eigenvalue weighted by Crippen LogP contribution is -2.08. The minimum Gasteiger partial charge on any atom is -0.433 e. The maximum atomic E-state index is 5.45. The standard InChI is InChI=1S/C28H25N4O2/c1-31-13-11-22-24(17-32(2)27(22)31)26-10-6-9-25(30-26)23(19-7-4-3-5-8-19)16-29-15-20-18-34-28-21(20)12-14-33-28/h3-10,12-15,17-18,23H,11,16H2,1-2H3/q+1. The van der Waals surface area contributed by atoms with Crippen molar-refractivity contribution in [3.63, 3.8) is 0 Å². The Morgan fingerprint density at radius 2 is 2.00 bits per heavy atom. The Bertz CT molecular complexity index is 1540. The fourth-order valence-corrected chi connectivity index (χ4v) is 4.85. The second-order valence-corrected chi connectivity index (χ2v) is 8.67. The Kier molecular flexibility index (Phi) is 4.99. The van der Waals surface area contributed by atoms with Gasteiger partial charge in [0, 0.05) is 24.1 Å². The Balaban J connectivity index is 1.35. The number of fused-ring (bicyclic) bond motifs is 2.